The van der Waals surface area contributed by atoms with Crippen LogP contribution in [-0.4, -0.2) is 12.5 Å². The number of nitrogens with zero attached hydrogens (tertiary/aromatic N) is 1. The Kier molecular flexibility index (Phi) is 3.93. The topological polar surface area (TPSA) is 50.5 Å². The first-order valence-corrected chi connectivity index (χ1v) is 7.20. The molecule has 0 spiro atoms. The largest absolute Gasteiger partial charge is 0.430 e. The Bertz CT molecular complexity index is 933. The lowest BCUT2D eigenvalue weighted by Crippen LogP contribution is -2.31. The lowest BCUT2D eigenvalue weighted by atomic mass is 10.1. The molecule has 0 aliphatic heterocycles. The molecule has 3 aromatic rings. The minimum absolute atomic E-state index is 0.190. The van der Waals surface area contributed by atoms with Gasteiger partial charge >= 0.3 is 5.63 Å². The monoisotopic (exact) mass is 311 g/mol. The van der Waals surface area contributed by atoms with Crippen molar-refractivity contribution < 1.29 is 13.6 Å². The van der Waals surface area contributed by atoms with E-state index in [1.165, 1.54) is 17.0 Å². The number of hydrogen-bond donors (Lipinski definition) is 0. The van der Waals surface area contributed by atoms with Crippen LogP contribution in [0.3, 0.4) is 0 Å². The third kappa shape index (κ3) is 2.61. The van der Waals surface area contributed by atoms with Crippen LogP contribution in [0.5, 0.6) is 0 Å². The molecule has 1 amide bonds. The van der Waals surface area contributed by atoms with Crippen molar-refractivity contribution in [2.45, 2.75) is 6.92 Å². The van der Waals surface area contributed by atoms with Crippen LogP contribution in [0.1, 0.15) is 17.3 Å². The summed E-state index contributed by atoms with van der Waals surface area (Å²) in [5.41, 5.74) is -0.0910. The zero-order valence-electron chi connectivity index (χ0n) is 12.5. The van der Waals surface area contributed by atoms with Crippen molar-refractivity contribution in [2.24, 2.45) is 0 Å². The Morgan fingerprint density at radius 2 is 1.74 bits per heavy atom. The first-order valence-electron chi connectivity index (χ1n) is 7.20. The Labute approximate surface area is 131 Å². The summed E-state index contributed by atoms with van der Waals surface area (Å²) in [6, 6.07) is 12.8. The minimum Gasteiger partial charge on any atom is -0.430 e. The summed E-state index contributed by atoms with van der Waals surface area (Å²) in [7, 11) is 0. The molecule has 0 fully saturated rings. The first-order chi connectivity index (χ1) is 11.1. The van der Waals surface area contributed by atoms with Crippen LogP contribution in [-0.2, 0) is 0 Å². The van der Waals surface area contributed by atoms with Gasteiger partial charge < -0.3 is 9.32 Å². The molecule has 5 heteroatoms. The summed E-state index contributed by atoms with van der Waals surface area (Å²) in [4.78, 5) is 25.9. The molecule has 0 bridgehead atoms. The van der Waals surface area contributed by atoms with Crippen LogP contribution in [0.4, 0.5) is 10.1 Å². The van der Waals surface area contributed by atoms with E-state index in [4.69, 9.17) is 4.42 Å². The average Bonchev–Trinajstić information content (AvgIpc) is 2.58. The summed E-state index contributed by atoms with van der Waals surface area (Å²) in [5, 5.41) is 0.812. The number of carbonyl (C=O) groups is 1. The van der Waals surface area contributed by atoms with E-state index < -0.39 is 17.3 Å². The van der Waals surface area contributed by atoms with Gasteiger partial charge in [0.25, 0.3) is 5.91 Å². The Morgan fingerprint density at radius 1 is 1.09 bits per heavy atom. The third-order valence-corrected chi connectivity index (χ3v) is 3.66. The molecule has 3 rings (SSSR count). The van der Waals surface area contributed by atoms with E-state index in [1.807, 2.05) is 0 Å². The zero-order valence-corrected chi connectivity index (χ0v) is 12.5. The van der Waals surface area contributed by atoms with E-state index in [9.17, 15) is 14.0 Å². The summed E-state index contributed by atoms with van der Waals surface area (Å²) in [6.45, 7) is 2.04. The van der Waals surface area contributed by atoms with Crippen LogP contribution in [0.15, 0.2) is 64.0 Å². The molecule has 23 heavy (non-hydrogen) atoms. The summed E-state index contributed by atoms with van der Waals surface area (Å²) >= 11 is 0. The number of amides is 1. The molecular weight excluding hydrogens is 297 g/mol. The lowest BCUT2D eigenvalue weighted by Gasteiger charge is -2.21. The van der Waals surface area contributed by atoms with Crippen LogP contribution in [0.25, 0.3) is 10.8 Å². The molecule has 0 N–H and O–H groups in total. The number of rotatable bonds is 3. The fourth-order valence-corrected chi connectivity index (χ4v) is 2.54. The van der Waals surface area contributed by atoms with Gasteiger partial charge in [-0.25, -0.2) is 9.18 Å². The molecule has 0 atom stereocenters. The van der Waals surface area contributed by atoms with Crippen LogP contribution in [0, 0.1) is 5.82 Å². The average molecular weight is 311 g/mol. The van der Waals surface area contributed by atoms with E-state index in [-0.39, 0.29) is 17.8 Å². The second kappa shape index (κ2) is 6.04. The van der Waals surface area contributed by atoms with Crippen molar-refractivity contribution in [3.05, 3.63) is 76.6 Å². The number of fused-ring (bicyclic) bond motifs is 1. The van der Waals surface area contributed by atoms with Gasteiger partial charge in [0.05, 0.1) is 16.6 Å². The molecule has 4 nitrogen and oxygen atoms in total. The molecule has 116 valence electrons. The number of para-hydroxylation sites is 1. The molecule has 1 aromatic heterocycles. The Balaban J connectivity index is 2.15. The normalized spacial score (nSPS) is 10.7. The van der Waals surface area contributed by atoms with Gasteiger partial charge in [-0.1, -0.05) is 30.3 Å². The Morgan fingerprint density at radius 3 is 2.43 bits per heavy atom. The SMILES string of the molecule is CCN(C(=O)c1coc(=O)c2ccccc12)c1ccccc1F. The van der Waals surface area contributed by atoms with Crippen molar-refractivity contribution in [3.8, 4) is 0 Å². The maximum atomic E-state index is 14.0. The molecule has 0 aliphatic rings. The van der Waals surface area contributed by atoms with Gasteiger partial charge in [0.15, 0.2) is 0 Å². The predicted molar refractivity (Wildman–Crippen MR) is 86.2 cm³/mol. The molecule has 2 aromatic carbocycles. The summed E-state index contributed by atoms with van der Waals surface area (Å²) < 4.78 is 19.0. The van der Waals surface area contributed by atoms with Crippen LogP contribution >= 0.6 is 0 Å². The highest BCUT2D eigenvalue weighted by Crippen LogP contribution is 2.23. The summed E-state index contributed by atoms with van der Waals surface area (Å²) in [5.74, 6) is -0.901. The van der Waals surface area contributed by atoms with Gasteiger partial charge in [-0.15, -0.1) is 0 Å². The molecule has 0 aliphatic carbocycles. The fraction of sp³-hybridized carbons (Fsp3) is 0.111. The molecule has 0 unspecified atom stereocenters. The van der Waals surface area contributed by atoms with E-state index in [0.717, 1.165) is 6.26 Å². The Hall–Kier alpha value is -2.95. The number of anilines is 1. The van der Waals surface area contributed by atoms with Crippen molar-refractivity contribution in [2.75, 3.05) is 11.4 Å². The van der Waals surface area contributed by atoms with Gasteiger partial charge in [0.2, 0.25) is 0 Å². The van der Waals surface area contributed by atoms with Gasteiger partial charge in [-0.2, -0.15) is 0 Å². The highest BCUT2D eigenvalue weighted by Gasteiger charge is 2.22. The second-order valence-electron chi connectivity index (χ2n) is 4.98. The standard InChI is InChI=1S/C18H14FNO3/c1-2-20(16-10-6-5-9-15(16)19)17(21)14-11-23-18(22)13-8-4-3-7-12(13)14/h3-11H,2H2,1H3. The van der Waals surface area contributed by atoms with Crippen molar-refractivity contribution in [1.29, 1.82) is 0 Å². The maximum absolute atomic E-state index is 14.0. The number of hydrogen-bond acceptors (Lipinski definition) is 3. The van der Waals surface area contributed by atoms with E-state index in [0.29, 0.717) is 10.8 Å². The highest BCUT2D eigenvalue weighted by molar-refractivity contribution is 6.13. The summed E-state index contributed by atoms with van der Waals surface area (Å²) in [6.07, 6.45) is 1.14. The van der Waals surface area contributed by atoms with Gasteiger partial charge in [-0.05, 0) is 25.1 Å². The van der Waals surface area contributed by atoms with Gasteiger partial charge in [-0.3, -0.25) is 4.79 Å². The van der Waals surface area contributed by atoms with E-state index in [1.54, 1.807) is 43.3 Å². The zero-order chi connectivity index (χ0) is 16.4. The van der Waals surface area contributed by atoms with E-state index >= 15 is 0 Å². The first kappa shape index (κ1) is 15.0. The fourth-order valence-electron chi connectivity index (χ4n) is 2.54. The smallest absolute Gasteiger partial charge is 0.343 e. The predicted octanol–water partition coefficient (Wildman–Crippen LogP) is 3.60. The van der Waals surface area contributed by atoms with Crippen molar-refractivity contribution >= 4 is 22.4 Å². The van der Waals surface area contributed by atoms with Gasteiger partial charge in [0, 0.05) is 11.9 Å². The molecule has 0 saturated carbocycles. The molecule has 1 heterocycles. The second-order valence-corrected chi connectivity index (χ2v) is 4.98. The molecule has 0 radical (unpaired) electrons. The van der Waals surface area contributed by atoms with Crippen LogP contribution < -0.4 is 10.5 Å². The van der Waals surface area contributed by atoms with E-state index in [2.05, 4.69) is 0 Å². The lowest BCUT2D eigenvalue weighted by molar-refractivity contribution is 0.0987. The number of benzene rings is 2. The van der Waals surface area contributed by atoms with Gasteiger partial charge in [0.1, 0.15) is 12.1 Å². The van der Waals surface area contributed by atoms with Crippen molar-refractivity contribution in [1.82, 2.24) is 0 Å². The number of carbonyl (C=O) groups excluding carboxylic acids is 1. The molecule has 0 saturated heterocycles. The minimum atomic E-state index is -0.508. The molecular formula is C18H14FNO3. The number of halogens is 1. The van der Waals surface area contributed by atoms with Crippen LogP contribution in [0.2, 0.25) is 0 Å². The maximum Gasteiger partial charge on any atom is 0.343 e. The van der Waals surface area contributed by atoms with Crippen molar-refractivity contribution in [3.63, 3.8) is 0 Å². The highest BCUT2D eigenvalue weighted by atomic mass is 19.1. The third-order valence-electron chi connectivity index (χ3n) is 3.66. The quantitative estimate of drug-likeness (QED) is 0.742.